The first kappa shape index (κ1) is 14.6. The van der Waals surface area contributed by atoms with E-state index >= 15 is 0 Å². The van der Waals surface area contributed by atoms with Gasteiger partial charge in [-0.25, -0.2) is 8.78 Å². The van der Waals surface area contributed by atoms with E-state index in [-0.39, 0.29) is 12.2 Å². The summed E-state index contributed by atoms with van der Waals surface area (Å²) in [6, 6.07) is 2.90. The minimum absolute atomic E-state index is 0.0871. The van der Waals surface area contributed by atoms with Crippen LogP contribution in [0.15, 0.2) is 18.3 Å². The lowest BCUT2D eigenvalue weighted by Gasteiger charge is -2.20. The SMILES string of the molecule is CC(O)(CO)CNC(=O)c1cccn1CC(F)F. The van der Waals surface area contributed by atoms with E-state index in [4.69, 9.17) is 5.11 Å². The van der Waals surface area contributed by atoms with Crippen molar-refractivity contribution in [2.24, 2.45) is 0 Å². The highest BCUT2D eigenvalue weighted by molar-refractivity contribution is 5.92. The van der Waals surface area contributed by atoms with Crippen molar-refractivity contribution in [2.75, 3.05) is 13.2 Å². The first-order valence-corrected chi connectivity index (χ1v) is 5.40. The molecule has 1 amide bonds. The largest absolute Gasteiger partial charge is 0.393 e. The minimum atomic E-state index is -2.55. The van der Waals surface area contributed by atoms with Crippen molar-refractivity contribution in [3.8, 4) is 0 Å². The maximum Gasteiger partial charge on any atom is 0.268 e. The predicted molar refractivity (Wildman–Crippen MR) is 60.5 cm³/mol. The van der Waals surface area contributed by atoms with E-state index < -0.39 is 31.1 Å². The first-order chi connectivity index (χ1) is 8.35. The molecule has 1 aromatic heterocycles. The van der Waals surface area contributed by atoms with Gasteiger partial charge >= 0.3 is 0 Å². The molecule has 0 aliphatic carbocycles. The molecule has 0 radical (unpaired) electrons. The van der Waals surface area contributed by atoms with Crippen LogP contribution < -0.4 is 5.32 Å². The van der Waals surface area contributed by atoms with Crippen LogP contribution >= 0.6 is 0 Å². The number of carbonyl (C=O) groups excluding carboxylic acids is 1. The third-order valence-corrected chi connectivity index (χ3v) is 2.37. The van der Waals surface area contributed by atoms with Crippen LogP contribution in [0.5, 0.6) is 0 Å². The second-order valence-corrected chi connectivity index (χ2v) is 4.27. The van der Waals surface area contributed by atoms with Gasteiger partial charge in [-0.15, -0.1) is 0 Å². The van der Waals surface area contributed by atoms with Gasteiger partial charge in [0.2, 0.25) is 0 Å². The summed E-state index contributed by atoms with van der Waals surface area (Å²) in [5, 5.41) is 20.7. The van der Waals surface area contributed by atoms with Crippen molar-refractivity contribution in [2.45, 2.75) is 25.5 Å². The van der Waals surface area contributed by atoms with Gasteiger partial charge in [0.25, 0.3) is 12.3 Å². The molecule has 5 nitrogen and oxygen atoms in total. The van der Waals surface area contributed by atoms with Gasteiger partial charge in [-0.05, 0) is 19.1 Å². The number of nitrogens with one attached hydrogen (secondary N) is 1. The molecule has 1 aromatic rings. The van der Waals surface area contributed by atoms with Gasteiger partial charge < -0.3 is 20.1 Å². The topological polar surface area (TPSA) is 74.5 Å². The molecule has 0 saturated heterocycles. The Kier molecular flexibility index (Phi) is 4.80. The molecule has 7 heteroatoms. The van der Waals surface area contributed by atoms with E-state index in [1.807, 2.05) is 0 Å². The smallest absolute Gasteiger partial charge is 0.268 e. The highest BCUT2D eigenvalue weighted by atomic mass is 19.3. The average molecular weight is 262 g/mol. The Hall–Kier alpha value is -1.47. The van der Waals surface area contributed by atoms with Crippen LogP contribution in [-0.4, -0.2) is 45.9 Å². The lowest BCUT2D eigenvalue weighted by molar-refractivity contribution is 0.00309. The predicted octanol–water partition coefficient (Wildman–Crippen LogP) is 0.226. The number of carbonyl (C=O) groups is 1. The number of aromatic nitrogens is 1. The highest BCUT2D eigenvalue weighted by Gasteiger charge is 2.21. The number of alkyl halides is 2. The first-order valence-electron chi connectivity index (χ1n) is 5.40. The molecule has 1 atom stereocenters. The zero-order valence-electron chi connectivity index (χ0n) is 9.94. The lowest BCUT2D eigenvalue weighted by atomic mass is 10.1. The van der Waals surface area contributed by atoms with Crippen molar-refractivity contribution in [1.29, 1.82) is 0 Å². The molecule has 18 heavy (non-hydrogen) atoms. The van der Waals surface area contributed by atoms with E-state index in [1.165, 1.54) is 25.3 Å². The van der Waals surface area contributed by atoms with Gasteiger partial charge in [-0.3, -0.25) is 4.79 Å². The van der Waals surface area contributed by atoms with Crippen LogP contribution in [0.4, 0.5) is 8.78 Å². The van der Waals surface area contributed by atoms with E-state index in [0.29, 0.717) is 0 Å². The van der Waals surface area contributed by atoms with Crippen LogP contribution in [-0.2, 0) is 6.54 Å². The number of aliphatic hydroxyl groups is 2. The molecule has 3 N–H and O–H groups in total. The normalized spacial score (nSPS) is 14.6. The van der Waals surface area contributed by atoms with Gasteiger partial charge in [0.15, 0.2) is 0 Å². The van der Waals surface area contributed by atoms with Crippen molar-refractivity contribution in [1.82, 2.24) is 9.88 Å². The second kappa shape index (κ2) is 5.92. The number of halogens is 2. The van der Waals surface area contributed by atoms with Gasteiger partial charge in [0.05, 0.1) is 13.2 Å². The highest BCUT2D eigenvalue weighted by Crippen LogP contribution is 2.07. The third kappa shape index (κ3) is 4.08. The molecule has 0 spiro atoms. The van der Waals surface area contributed by atoms with E-state index in [1.54, 1.807) is 0 Å². The molecule has 102 valence electrons. The maximum atomic E-state index is 12.2. The Morgan fingerprint density at radius 2 is 2.28 bits per heavy atom. The van der Waals surface area contributed by atoms with Gasteiger partial charge in [-0.2, -0.15) is 0 Å². The maximum absolute atomic E-state index is 12.2. The van der Waals surface area contributed by atoms with Crippen LogP contribution in [0.2, 0.25) is 0 Å². The summed E-state index contributed by atoms with van der Waals surface area (Å²) in [7, 11) is 0. The molecule has 0 aliphatic rings. The fraction of sp³-hybridized carbons (Fsp3) is 0.545. The number of nitrogens with zero attached hydrogens (tertiary/aromatic N) is 1. The zero-order chi connectivity index (χ0) is 13.8. The number of hydrogen-bond donors (Lipinski definition) is 3. The van der Waals surface area contributed by atoms with Gasteiger partial charge in [0, 0.05) is 12.7 Å². The molecular formula is C11H16F2N2O3. The Labute approximate surface area is 103 Å². The molecule has 1 unspecified atom stereocenters. The molecule has 0 aliphatic heterocycles. The molecule has 0 bridgehead atoms. The fourth-order valence-electron chi connectivity index (χ4n) is 1.35. The minimum Gasteiger partial charge on any atom is -0.393 e. The number of rotatable bonds is 6. The second-order valence-electron chi connectivity index (χ2n) is 4.27. The summed E-state index contributed by atoms with van der Waals surface area (Å²) in [6.07, 6.45) is -1.17. The monoisotopic (exact) mass is 262 g/mol. The summed E-state index contributed by atoms with van der Waals surface area (Å²) in [4.78, 5) is 11.7. The molecule has 0 aromatic carbocycles. The van der Waals surface area contributed by atoms with Crippen LogP contribution in [0.3, 0.4) is 0 Å². The number of aliphatic hydroxyl groups excluding tert-OH is 1. The summed E-state index contributed by atoms with van der Waals surface area (Å²) in [6.45, 7) is 0.116. The standard InChI is InChI=1S/C11H16F2N2O3/c1-11(18,7-16)6-14-10(17)8-3-2-4-15(8)5-9(12)13/h2-4,9,16,18H,5-7H2,1H3,(H,14,17). The summed E-state index contributed by atoms with van der Waals surface area (Å²) >= 11 is 0. The Morgan fingerprint density at radius 1 is 1.61 bits per heavy atom. The quantitative estimate of drug-likeness (QED) is 0.687. The van der Waals surface area contributed by atoms with Gasteiger partial charge in [0.1, 0.15) is 11.3 Å². The summed E-state index contributed by atoms with van der Waals surface area (Å²) in [5.74, 6) is -0.575. The van der Waals surface area contributed by atoms with Crippen molar-refractivity contribution < 1.29 is 23.8 Å². The van der Waals surface area contributed by atoms with Crippen LogP contribution in [0, 0.1) is 0 Å². The Bertz CT molecular complexity index is 405. The number of hydrogen-bond acceptors (Lipinski definition) is 3. The van der Waals surface area contributed by atoms with Crippen molar-refractivity contribution in [3.63, 3.8) is 0 Å². The molecule has 1 heterocycles. The summed E-state index contributed by atoms with van der Waals surface area (Å²) in [5.41, 5.74) is -1.35. The Balaban J connectivity index is 2.65. The summed E-state index contributed by atoms with van der Waals surface area (Å²) < 4.78 is 25.6. The Morgan fingerprint density at radius 3 is 2.83 bits per heavy atom. The van der Waals surface area contributed by atoms with E-state index in [2.05, 4.69) is 5.32 Å². The van der Waals surface area contributed by atoms with Crippen LogP contribution in [0.1, 0.15) is 17.4 Å². The van der Waals surface area contributed by atoms with Crippen LogP contribution in [0.25, 0.3) is 0 Å². The number of amides is 1. The van der Waals surface area contributed by atoms with Crippen molar-refractivity contribution >= 4 is 5.91 Å². The van der Waals surface area contributed by atoms with Crippen molar-refractivity contribution in [3.05, 3.63) is 24.0 Å². The van der Waals surface area contributed by atoms with E-state index in [9.17, 15) is 18.7 Å². The molecular weight excluding hydrogens is 246 g/mol. The van der Waals surface area contributed by atoms with Gasteiger partial charge in [-0.1, -0.05) is 0 Å². The lowest BCUT2D eigenvalue weighted by Crippen LogP contribution is -2.43. The zero-order valence-corrected chi connectivity index (χ0v) is 9.94. The third-order valence-electron chi connectivity index (χ3n) is 2.37. The molecule has 0 fully saturated rings. The van der Waals surface area contributed by atoms with E-state index in [0.717, 1.165) is 4.57 Å². The average Bonchev–Trinajstić information content (AvgIpc) is 2.73. The molecule has 0 saturated carbocycles. The fourth-order valence-corrected chi connectivity index (χ4v) is 1.35. The molecule has 1 rings (SSSR count).